The third-order valence-electron chi connectivity index (χ3n) is 4.01. The van der Waals surface area contributed by atoms with Gasteiger partial charge in [0.25, 0.3) is 0 Å². The van der Waals surface area contributed by atoms with Gasteiger partial charge in [-0.15, -0.1) is 0 Å². The van der Waals surface area contributed by atoms with Gasteiger partial charge in [0.2, 0.25) is 5.91 Å². The van der Waals surface area contributed by atoms with Crippen LogP contribution < -0.4 is 0 Å². The first-order valence-corrected chi connectivity index (χ1v) is 6.77. The first-order chi connectivity index (χ1) is 9.03. The molecule has 1 amide bonds. The van der Waals surface area contributed by atoms with Crippen LogP contribution in [0.5, 0.6) is 0 Å². The predicted molar refractivity (Wildman–Crippen MR) is 71.2 cm³/mol. The van der Waals surface area contributed by atoms with E-state index in [0.717, 1.165) is 0 Å². The number of carbonyl (C=O) groups excluding carboxylic acids is 1. The van der Waals surface area contributed by atoms with Gasteiger partial charge in [-0.3, -0.25) is 4.79 Å². The zero-order chi connectivity index (χ0) is 14.0. The van der Waals surface area contributed by atoms with Gasteiger partial charge >= 0.3 is 0 Å². The van der Waals surface area contributed by atoms with E-state index in [9.17, 15) is 14.3 Å². The Balaban J connectivity index is 2.36. The summed E-state index contributed by atoms with van der Waals surface area (Å²) in [7, 11) is 0. The molecule has 0 unspecified atom stereocenters. The summed E-state index contributed by atoms with van der Waals surface area (Å²) in [5, 5.41) is 9.63. The molecule has 19 heavy (non-hydrogen) atoms. The van der Waals surface area contributed by atoms with Crippen molar-refractivity contribution in [3.05, 3.63) is 35.6 Å². The van der Waals surface area contributed by atoms with Crippen LogP contribution in [0.3, 0.4) is 0 Å². The minimum atomic E-state index is -0.743. The van der Waals surface area contributed by atoms with Gasteiger partial charge in [-0.25, -0.2) is 4.39 Å². The van der Waals surface area contributed by atoms with Gasteiger partial charge in [-0.1, -0.05) is 12.1 Å². The SMILES string of the molecule is CCN(CC)C(=O)C1(c2cccc(F)c2)CC(O)C1. The first-order valence-electron chi connectivity index (χ1n) is 6.77. The van der Waals surface area contributed by atoms with Crippen molar-refractivity contribution in [2.24, 2.45) is 0 Å². The van der Waals surface area contributed by atoms with Gasteiger partial charge in [-0.2, -0.15) is 0 Å². The van der Waals surface area contributed by atoms with Crippen molar-refractivity contribution in [2.75, 3.05) is 13.1 Å². The first kappa shape index (κ1) is 14.0. The minimum Gasteiger partial charge on any atom is -0.393 e. The normalized spacial score (nSPS) is 25.8. The molecule has 0 bridgehead atoms. The maximum atomic E-state index is 13.4. The van der Waals surface area contributed by atoms with E-state index in [1.54, 1.807) is 17.0 Å². The van der Waals surface area contributed by atoms with E-state index in [2.05, 4.69) is 0 Å². The number of hydrogen-bond donors (Lipinski definition) is 1. The van der Waals surface area contributed by atoms with Crippen LogP contribution >= 0.6 is 0 Å². The van der Waals surface area contributed by atoms with E-state index in [-0.39, 0.29) is 11.7 Å². The molecule has 1 aromatic carbocycles. The third kappa shape index (κ3) is 2.37. The van der Waals surface area contributed by atoms with Crippen molar-refractivity contribution in [1.82, 2.24) is 4.90 Å². The maximum absolute atomic E-state index is 13.4. The number of halogens is 1. The second kappa shape index (κ2) is 5.29. The molecule has 0 saturated heterocycles. The number of carbonyl (C=O) groups is 1. The van der Waals surface area contributed by atoms with Crippen LogP contribution in [0.25, 0.3) is 0 Å². The molecule has 1 saturated carbocycles. The lowest BCUT2D eigenvalue weighted by Crippen LogP contribution is -2.56. The summed E-state index contributed by atoms with van der Waals surface area (Å²) in [6.07, 6.45) is 0.292. The average Bonchev–Trinajstić information content (AvgIpc) is 2.36. The van der Waals surface area contributed by atoms with E-state index < -0.39 is 11.5 Å². The number of nitrogens with zero attached hydrogens (tertiary/aromatic N) is 1. The maximum Gasteiger partial charge on any atom is 0.233 e. The Morgan fingerprint density at radius 1 is 1.42 bits per heavy atom. The van der Waals surface area contributed by atoms with Crippen molar-refractivity contribution in [3.63, 3.8) is 0 Å². The van der Waals surface area contributed by atoms with E-state index in [0.29, 0.717) is 31.5 Å². The minimum absolute atomic E-state index is 0.00611. The highest BCUT2D eigenvalue weighted by Crippen LogP contribution is 2.45. The van der Waals surface area contributed by atoms with Crippen LogP contribution in [0.4, 0.5) is 4.39 Å². The Hall–Kier alpha value is -1.42. The molecule has 0 aromatic heterocycles. The summed E-state index contributed by atoms with van der Waals surface area (Å²) in [5.41, 5.74) is -0.0669. The van der Waals surface area contributed by atoms with E-state index in [1.807, 2.05) is 13.8 Å². The van der Waals surface area contributed by atoms with Crippen LogP contribution in [0.1, 0.15) is 32.3 Å². The monoisotopic (exact) mass is 265 g/mol. The Morgan fingerprint density at radius 3 is 2.53 bits per heavy atom. The Labute approximate surface area is 113 Å². The van der Waals surface area contributed by atoms with Crippen LogP contribution in [-0.4, -0.2) is 35.1 Å². The predicted octanol–water partition coefficient (Wildman–Crippen LogP) is 2.09. The van der Waals surface area contributed by atoms with Crippen LogP contribution in [-0.2, 0) is 10.2 Å². The van der Waals surface area contributed by atoms with Crippen molar-refractivity contribution >= 4 is 5.91 Å². The smallest absolute Gasteiger partial charge is 0.233 e. The van der Waals surface area contributed by atoms with E-state index in [4.69, 9.17) is 0 Å². The molecule has 0 radical (unpaired) electrons. The van der Waals surface area contributed by atoms with E-state index >= 15 is 0 Å². The molecule has 1 aliphatic rings. The van der Waals surface area contributed by atoms with Gasteiger partial charge in [-0.05, 0) is 44.4 Å². The summed E-state index contributed by atoms with van der Waals surface area (Å²) in [5.74, 6) is -0.348. The van der Waals surface area contributed by atoms with Gasteiger partial charge in [0.1, 0.15) is 5.82 Å². The second-order valence-electron chi connectivity index (χ2n) is 5.13. The van der Waals surface area contributed by atoms with Gasteiger partial charge in [0, 0.05) is 13.1 Å². The summed E-state index contributed by atoms with van der Waals surface area (Å²) >= 11 is 0. The molecule has 1 fully saturated rings. The molecular weight excluding hydrogens is 245 g/mol. The topological polar surface area (TPSA) is 40.5 Å². The van der Waals surface area contributed by atoms with Crippen LogP contribution in [0.2, 0.25) is 0 Å². The lowest BCUT2D eigenvalue weighted by molar-refractivity contribution is -0.145. The summed E-state index contributed by atoms with van der Waals surface area (Å²) in [4.78, 5) is 14.4. The Kier molecular flexibility index (Phi) is 3.90. The Bertz CT molecular complexity index is 465. The number of rotatable bonds is 4. The van der Waals surface area contributed by atoms with Crippen molar-refractivity contribution in [2.45, 2.75) is 38.2 Å². The number of aliphatic hydroxyl groups is 1. The fourth-order valence-electron chi connectivity index (χ4n) is 2.88. The van der Waals surface area contributed by atoms with E-state index in [1.165, 1.54) is 12.1 Å². The Morgan fingerprint density at radius 2 is 2.05 bits per heavy atom. The highest BCUT2D eigenvalue weighted by atomic mass is 19.1. The highest BCUT2D eigenvalue weighted by Gasteiger charge is 2.52. The lowest BCUT2D eigenvalue weighted by Gasteiger charge is -2.46. The highest BCUT2D eigenvalue weighted by molar-refractivity contribution is 5.89. The average molecular weight is 265 g/mol. The number of aliphatic hydroxyl groups excluding tert-OH is 1. The molecule has 0 heterocycles. The van der Waals surface area contributed by atoms with Crippen LogP contribution in [0, 0.1) is 5.82 Å². The largest absolute Gasteiger partial charge is 0.393 e. The molecular formula is C15H20FNO2. The molecule has 1 N–H and O–H groups in total. The summed E-state index contributed by atoms with van der Waals surface area (Å²) in [6.45, 7) is 5.11. The number of benzene rings is 1. The molecule has 0 atom stereocenters. The van der Waals surface area contributed by atoms with Crippen molar-refractivity contribution < 1.29 is 14.3 Å². The van der Waals surface area contributed by atoms with Gasteiger partial charge < -0.3 is 10.0 Å². The number of likely N-dealkylation sites (N-methyl/N-ethyl adjacent to an activating group) is 1. The standard InChI is InChI=1S/C15H20FNO2/c1-3-17(4-2)14(19)15(9-13(18)10-15)11-6-5-7-12(16)8-11/h5-8,13,18H,3-4,9-10H2,1-2H3. The van der Waals surface area contributed by atoms with Crippen LogP contribution in [0.15, 0.2) is 24.3 Å². The molecule has 104 valence electrons. The molecule has 2 rings (SSSR count). The fraction of sp³-hybridized carbons (Fsp3) is 0.533. The van der Waals surface area contributed by atoms with Gasteiger partial charge in [0.05, 0.1) is 11.5 Å². The van der Waals surface area contributed by atoms with Crippen molar-refractivity contribution in [3.8, 4) is 0 Å². The van der Waals surface area contributed by atoms with Crippen molar-refractivity contribution in [1.29, 1.82) is 0 Å². The third-order valence-corrected chi connectivity index (χ3v) is 4.01. The molecule has 0 aliphatic heterocycles. The molecule has 1 aliphatic carbocycles. The lowest BCUT2D eigenvalue weighted by atomic mass is 9.61. The zero-order valence-electron chi connectivity index (χ0n) is 11.4. The summed E-state index contributed by atoms with van der Waals surface area (Å²) < 4.78 is 13.4. The molecule has 4 heteroatoms. The van der Waals surface area contributed by atoms with Gasteiger partial charge in [0.15, 0.2) is 0 Å². The molecule has 1 aromatic rings. The molecule has 3 nitrogen and oxygen atoms in total. The zero-order valence-corrected chi connectivity index (χ0v) is 11.4. The molecule has 0 spiro atoms. The summed E-state index contributed by atoms with van der Waals surface area (Å²) in [6, 6.07) is 6.17. The second-order valence-corrected chi connectivity index (χ2v) is 5.13. The number of hydrogen-bond acceptors (Lipinski definition) is 2. The quantitative estimate of drug-likeness (QED) is 0.905. The fourth-order valence-corrected chi connectivity index (χ4v) is 2.88. The number of amides is 1.